The number of hydrogen-bond acceptors (Lipinski definition) is 2. The van der Waals surface area contributed by atoms with Gasteiger partial charge < -0.3 is 10.1 Å². The van der Waals surface area contributed by atoms with E-state index in [1.54, 1.807) is 0 Å². The molecule has 1 unspecified atom stereocenters. The Morgan fingerprint density at radius 3 is 2.70 bits per heavy atom. The standard InChI is InChI=1S/C18H23NO/c1-3-20-16-11-15(12-16)19-13(2)17-10-6-8-14-7-4-5-9-18(14)17/h4-10,13,15-16,19H,3,11-12H2,1-2H3. The third-order valence-corrected chi connectivity index (χ3v) is 4.27. The fourth-order valence-electron chi connectivity index (χ4n) is 3.14. The predicted octanol–water partition coefficient (Wildman–Crippen LogP) is 4.06. The summed E-state index contributed by atoms with van der Waals surface area (Å²) in [5.74, 6) is 0. The van der Waals surface area contributed by atoms with Crippen molar-refractivity contribution in [1.82, 2.24) is 5.32 Å². The minimum Gasteiger partial charge on any atom is -0.378 e. The van der Waals surface area contributed by atoms with Gasteiger partial charge in [0.25, 0.3) is 0 Å². The molecule has 1 N–H and O–H groups in total. The summed E-state index contributed by atoms with van der Waals surface area (Å²) in [4.78, 5) is 0. The third-order valence-electron chi connectivity index (χ3n) is 4.27. The van der Waals surface area contributed by atoms with Crippen molar-refractivity contribution in [2.75, 3.05) is 6.61 Å². The summed E-state index contributed by atoms with van der Waals surface area (Å²) in [6, 6.07) is 16.2. The zero-order valence-electron chi connectivity index (χ0n) is 12.3. The van der Waals surface area contributed by atoms with Gasteiger partial charge in [-0.1, -0.05) is 42.5 Å². The monoisotopic (exact) mass is 269 g/mol. The van der Waals surface area contributed by atoms with Crippen molar-refractivity contribution >= 4 is 10.8 Å². The summed E-state index contributed by atoms with van der Waals surface area (Å²) in [6.45, 7) is 5.16. The van der Waals surface area contributed by atoms with E-state index in [-0.39, 0.29) is 0 Å². The highest BCUT2D eigenvalue weighted by molar-refractivity contribution is 5.86. The van der Waals surface area contributed by atoms with Crippen LogP contribution in [-0.4, -0.2) is 18.8 Å². The number of ether oxygens (including phenoxy) is 1. The molecule has 1 saturated carbocycles. The summed E-state index contributed by atoms with van der Waals surface area (Å²) < 4.78 is 5.63. The average molecular weight is 269 g/mol. The van der Waals surface area contributed by atoms with Crippen LogP contribution in [0.2, 0.25) is 0 Å². The van der Waals surface area contributed by atoms with Crippen molar-refractivity contribution in [3.05, 3.63) is 48.0 Å². The van der Waals surface area contributed by atoms with Gasteiger partial charge in [0.15, 0.2) is 0 Å². The molecule has 2 heteroatoms. The quantitative estimate of drug-likeness (QED) is 0.884. The molecule has 1 aliphatic carbocycles. The van der Waals surface area contributed by atoms with Crippen LogP contribution in [0.1, 0.15) is 38.3 Å². The minimum absolute atomic E-state index is 0.383. The zero-order valence-corrected chi connectivity index (χ0v) is 12.3. The van der Waals surface area contributed by atoms with Gasteiger partial charge in [0.05, 0.1) is 6.10 Å². The Kier molecular flexibility index (Phi) is 4.04. The lowest BCUT2D eigenvalue weighted by atomic mass is 9.87. The molecular formula is C18H23NO. The van der Waals surface area contributed by atoms with Gasteiger partial charge in [-0.3, -0.25) is 0 Å². The maximum atomic E-state index is 5.63. The van der Waals surface area contributed by atoms with E-state index in [9.17, 15) is 0 Å². The fraction of sp³-hybridized carbons (Fsp3) is 0.444. The van der Waals surface area contributed by atoms with E-state index in [1.807, 2.05) is 0 Å². The largest absolute Gasteiger partial charge is 0.378 e. The van der Waals surface area contributed by atoms with Crippen molar-refractivity contribution in [1.29, 1.82) is 0 Å². The van der Waals surface area contributed by atoms with Crippen LogP contribution in [0, 0.1) is 0 Å². The van der Waals surface area contributed by atoms with E-state index in [4.69, 9.17) is 4.74 Å². The van der Waals surface area contributed by atoms with Crippen LogP contribution >= 0.6 is 0 Å². The fourth-order valence-corrected chi connectivity index (χ4v) is 3.14. The molecule has 2 nitrogen and oxygen atoms in total. The smallest absolute Gasteiger partial charge is 0.0604 e. The molecule has 0 aromatic heterocycles. The summed E-state index contributed by atoms with van der Waals surface area (Å²) in [5.41, 5.74) is 1.39. The van der Waals surface area contributed by atoms with Crippen LogP contribution in [0.25, 0.3) is 10.8 Å². The first-order valence-corrected chi connectivity index (χ1v) is 7.63. The van der Waals surface area contributed by atoms with Crippen LogP contribution in [0.3, 0.4) is 0 Å². The van der Waals surface area contributed by atoms with Gasteiger partial charge in [0, 0.05) is 18.7 Å². The topological polar surface area (TPSA) is 21.3 Å². The van der Waals surface area contributed by atoms with Crippen LogP contribution in [0.15, 0.2) is 42.5 Å². The average Bonchev–Trinajstić information content (AvgIpc) is 2.44. The van der Waals surface area contributed by atoms with Gasteiger partial charge in [-0.15, -0.1) is 0 Å². The first-order valence-electron chi connectivity index (χ1n) is 7.63. The molecule has 0 heterocycles. The van der Waals surface area contributed by atoms with Crippen molar-refractivity contribution in [3.63, 3.8) is 0 Å². The molecule has 1 aliphatic rings. The Balaban J connectivity index is 1.69. The Hall–Kier alpha value is -1.38. The van der Waals surface area contributed by atoms with E-state index in [0.717, 1.165) is 19.4 Å². The Morgan fingerprint density at radius 1 is 1.15 bits per heavy atom. The lowest BCUT2D eigenvalue weighted by molar-refractivity contribution is -0.0119. The molecule has 0 bridgehead atoms. The number of hydrogen-bond donors (Lipinski definition) is 1. The van der Waals surface area contributed by atoms with Gasteiger partial charge in [0.1, 0.15) is 0 Å². The maximum absolute atomic E-state index is 5.63. The summed E-state index contributed by atoms with van der Waals surface area (Å²) in [5, 5.41) is 6.41. The Morgan fingerprint density at radius 2 is 1.90 bits per heavy atom. The number of nitrogens with one attached hydrogen (secondary N) is 1. The van der Waals surface area contributed by atoms with E-state index in [1.165, 1.54) is 16.3 Å². The van der Waals surface area contributed by atoms with Crippen LogP contribution < -0.4 is 5.32 Å². The normalized spacial score (nSPS) is 23.5. The highest BCUT2D eigenvalue weighted by Gasteiger charge is 2.30. The lowest BCUT2D eigenvalue weighted by Gasteiger charge is -2.37. The Labute approximate surface area is 121 Å². The first-order chi connectivity index (χ1) is 9.78. The van der Waals surface area contributed by atoms with Gasteiger partial charge in [-0.25, -0.2) is 0 Å². The second kappa shape index (κ2) is 5.94. The molecule has 0 aliphatic heterocycles. The van der Waals surface area contributed by atoms with E-state index in [0.29, 0.717) is 18.2 Å². The molecule has 106 valence electrons. The molecule has 0 radical (unpaired) electrons. The highest BCUT2D eigenvalue weighted by atomic mass is 16.5. The van der Waals surface area contributed by atoms with Crippen LogP contribution in [0.4, 0.5) is 0 Å². The van der Waals surface area contributed by atoms with Crippen molar-refractivity contribution in [2.24, 2.45) is 0 Å². The second-order valence-electron chi connectivity index (χ2n) is 5.70. The van der Waals surface area contributed by atoms with E-state index >= 15 is 0 Å². The summed E-state index contributed by atoms with van der Waals surface area (Å²) in [7, 11) is 0. The van der Waals surface area contributed by atoms with Crippen molar-refractivity contribution < 1.29 is 4.74 Å². The second-order valence-corrected chi connectivity index (χ2v) is 5.70. The van der Waals surface area contributed by atoms with Gasteiger partial charge in [-0.05, 0) is 43.0 Å². The molecular weight excluding hydrogens is 246 g/mol. The third kappa shape index (κ3) is 2.72. The van der Waals surface area contributed by atoms with Crippen LogP contribution in [-0.2, 0) is 4.74 Å². The lowest BCUT2D eigenvalue weighted by Crippen LogP contribution is -2.46. The van der Waals surface area contributed by atoms with Crippen molar-refractivity contribution in [2.45, 2.75) is 44.9 Å². The highest BCUT2D eigenvalue weighted by Crippen LogP contribution is 2.29. The van der Waals surface area contributed by atoms with E-state index in [2.05, 4.69) is 61.6 Å². The van der Waals surface area contributed by atoms with Gasteiger partial charge in [-0.2, -0.15) is 0 Å². The summed E-state index contributed by atoms with van der Waals surface area (Å²) >= 11 is 0. The molecule has 2 aromatic carbocycles. The van der Waals surface area contributed by atoms with Crippen molar-refractivity contribution in [3.8, 4) is 0 Å². The molecule has 0 spiro atoms. The van der Waals surface area contributed by atoms with Gasteiger partial charge in [0.2, 0.25) is 0 Å². The molecule has 2 aromatic rings. The van der Waals surface area contributed by atoms with Gasteiger partial charge >= 0.3 is 0 Å². The number of fused-ring (bicyclic) bond motifs is 1. The number of rotatable bonds is 5. The predicted molar refractivity (Wildman–Crippen MR) is 83.9 cm³/mol. The molecule has 0 saturated heterocycles. The summed E-state index contributed by atoms with van der Waals surface area (Å²) in [6.07, 6.45) is 2.75. The molecule has 20 heavy (non-hydrogen) atoms. The zero-order chi connectivity index (χ0) is 13.9. The molecule has 1 fully saturated rings. The maximum Gasteiger partial charge on any atom is 0.0604 e. The Bertz CT molecular complexity index is 569. The number of benzene rings is 2. The van der Waals surface area contributed by atoms with Crippen LogP contribution in [0.5, 0.6) is 0 Å². The molecule has 3 rings (SSSR count). The first kappa shape index (κ1) is 13.6. The molecule has 0 amide bonds. The van der Waals surface area contributed by atoms with E-state index < -0.39 is 0 Å². The minimum atomic E-state index is 0.383. The molecule has 1 atom stereocenters. The SMILES string of the molecule is CCOC1CC(NC(C)c2cccc3ccccc23)C1.